The number of hydrogen-bond acceptors (Lipinski definition) is 5. The molecular weight excluding hydrogens is 260 g/mol. The first-order valence-corrected chi connectivity index (χ1v) is 5.80. The van der Waals surface area contributed by atoms with E-state index in [1.807, 2.05) is 6.07 Å². The lowest BCUT2D eigenvalue weighted by Crippen LogP contribution is -2.12. The quantitative estimate of drug-likeness (QED) is 0.635. The molecule has 0 atom stereocenters. The maximum atomic E-state index is 11.1. The van der Waals surface area contributed by atoms with Crippen LogP contribution in [0.4, 0.5) is 11.4 Å². The first kappa shape index (κ1) is 13.5. The minimum atomic E-state index is -0.638. The van der Waals surface area contributed by atoms with Gasteiger partial charge in [0.05, 0.1) is 17.2 Å². The van der Waals surface area contributed by atoms with Gasteiger partial charge >= 0.3 is 0 Å². The number of primary amides is 1. The van der Waals surface area contributed by atoms with Gasteiger partial charge in [-0.25, -0.2) is 0 Å². The van der Waals surface area contributed by atoms with E-state index in [1.165, 1.54) is 18.2 Å². The number of nitrogens with one attached hydrogen (secondary N) is 1. The van der Waals surface area contributed by atoms with Crippen molar-refractivity contribution in [2.45, 2.75) is 6.54 Å². The Labute approximate surface area is 114 Å². The van der Waals surface area contributed by atoms with Crippen LogP contribution in [-0.2, 0) is 6.54 Å². The molecule has 3 N–H and O–H groups in total. The highest BCUT2D eigenvalue weighted by Gasteiger charge is 2.15. The number of carbonyl (C=O) groups is 1. The molecule has 102 valence electrons. The van der Waals surface area contributed by atoms with Crippen LogP contribution in [0.25, 0.3) is 0 Å². The first-order chi connectivity index (χ1) is 9.58. The van der Waals surface area contributed by atoms with Crippen LogP contribution in [0.3, 0.4) is 0 Å². The maximum Gasteiger partial charge on any atom is 0.292 e. The van der Waals surface area contributed by atoms with Crippen LogP contribution in [0.5, 0.6) is 0 Å². The molecule has 1 aromatic heterocycles. The summed E-state index contributed by atoms with van der Waals surface area (Å²) in [6.07, 6.45) is 1.63. The third-order valence-electron chi connectivity index (χ3n) is 2.66. The minimum absolute atomic E-state index is 0.120. The van der Waals surface area contributed by atoms with E-state index in [-0.39, 0.29) is 16.9 Å². The lowest BCUT2D eigenvalue weighted by atomic mass is 10.1. The van der Waals surface area contributed by atoms with Gasteiger partial charge in [-0.15, -0.1) is 0 Å². The number of nitrogens with zero attached hydrogens (tertiary/aromatic N) is 2. The number of carbonyl (C=O) groups excluding carboxylic acids is 1. The highest BCUT2D eigenvalue weighted by atomic mass is 16.6. The van der Waals surface area contributed by atoms with Crippen LogP contribution in [0.1, 0.15) is 16.1 Å². The normalized spacial score (nSPS) is 10.0. The Hall–Kier alpha value is -2.96. The molecule has 0 fully saturated rings. The molecule has 1 aromatic carbocycles. The van der Waals surface area contributed by atoms with Crippen molar-refractivity contribution < 1.29 is 9.72 Å². The summed E-state index contributed by atoms with van der Waals surface area (Å²) >= 11 is 0. The molecule has 0 saturated carbocycles. The Morgan fingerprint density at radius 1 is 1.35 bits per heavy atom. The number of nitrogens with two attached hydrogens (primary N) is 1. The summed E-state index contributed by atoms with van der Waals surface area (Å²) in [6, 6.07) is 9.32. The molecule has 20 heavy (non-hydrogen) atoms. The predicted octanol–water partition coefficient (Wildman–Crippen LogP) is 1.70. The smallest absolute Gasteiger partial charge is 0.292 e. The Bertz CT molecular complexity index is 643. The van der Waals surface area contributed by atoms with E-state index in [1.54, 1.807) is 18.3 Å². The Kier molecular flexibility index (Phi) is 3.90. The second kappa shape index (κ2) is 5.79. The van der Waals surface area contributed by atoms with Crippen LogP contribution in [-0.4, -0.2) is 15.8 Å². The molecule has 1 heterocycles. The van der Waals surface area contributed by atoms with Crippen molar-refractivity contribution in [1.29, 1.82) is 0 Å². The fraction of sp³-hybridized carbons (Fsp3) is 0.0769. The van der Waals surface area contributed by atoms with E-state index in [2.05, 4.69) is 10.3 Å². The SMILES string of the molecule is NC(=O)c1ccc([N+](=O)[O-])c(NCc2ccccn2)c1. The van der Waals surface area contributed by atoms with E-state index in [0.29, 0.717) is 6.54 Å². The van der Waals surface area contributed by atoms with Crippen LogP contribution < -0.4 is 11.1 Å². The van der Waals surface area contributed by atoms with Gasteiger partial charge in [0, 0.05) is 17.8 Å². The van der Waals surface area contributed by atoms with Crippen molar-refractivity contribution in [1.82, 2.24) is 4.98 Å². The molecule has 0 saturated heterocycles. The minimum Gasteiger partial charge on any atom is -0.374 e. The molecule has 0 aliphatic heterocycles. The Morgan fingerprint density at radius 2 is 2.15 bits per heavy atom. The molecule has 2 aromatic rings. The largest absolute Gasteiger partial charge is 0.374 e. The van der Waals surface area contributed by atoms with E-state index in [4.69, 9.17) is 5.73 Å². The number of amides is 1. The molecule has 7 nitrogen and oxygen atoms in total. The standard InChI is InChI=1S/C13H12N4O3/c14-13(18)9-4-5-12(17(19)20)11(7-9)16-8-10-3-1-2-6-15-10/h1-7,16H,8H2,(H2,14,18). The van der Waals surface area contributed by atoms with Crippen molar-refractivity contribution >= 4 is 17.3 Å². The number of pyridine rings is 1. The summed E-state index contributed by atoms with van der Waals surface area (Å²) in [4.78, 5) is 25.6. The number of rotatable bonds is 5. The average Bonchev–Trinajstić information content (AvgIpc) is 2.45. The van der Waals surface area contributed by atoms with Crippen molar-refractivity contribution in [2.75, 3.05) is 5.32 Å². The zero-order valence-corrected chi connectivity index (χ0v) is 10.4. The zero-order chi connectivity index (χ0) is 14.5. The number of nitro benzene ring substituents is 1. The van der Waals surface area contributed by atoms with E-state index >= 15 is 0 Å². The van der Waals surface area contributed by atoms with Gasteiger partial charge in [-0.1, -0.05) is 6.07 Å². The fourth-order valence-electron chi connectivity index (χ4n) is 1.68. The summed E-state index contributed by atoms with van der Waals surface area (Å²) in [7, 11) is 0. The zero-order valence-electron chi connectivity index (χ0n) is 10.4. The van der Waals surface area contributed by atoms with Gasteiger partial charge in [-0.3, -0.25) is 19.9 Å². The average molecular weight is 272 g/mol. The van der Waals surface area contributed by atoms with Crippen molar-refractivity contribution in [3.63, 3.8) is 0 Å². The number of aromatic nitrogens is 1. The number of benzene rings is 1. The molecule has 0 bridgehead atoms. The van der Waals surface area contributed by atoms with Crippen molar-refractivity contribution in [2.24, 2.45) is 5.73 Å². The number of nitro groups is 1. The highest BCUT2D eigenvalue weighted by molar-refractivity contribution is 5.94. The molecule has 0 aliphatic carbocycles. The lowest BCUT2D eigenvalue weighted by molar-refractivity contribution is -0.384. The molecule has 1 amide bonds. The first-order valence-electron chi connectivity index (χ1n) is 5.80. The van der Waals surface area contributed by atoms with Crippen LogP contribution >= 0.6 is 0 Å². The van der Waals surface area contributed by atoms with Gasteiger partial charge in [-0.05, 0) is 24.3 Å². The van der Waals surface area contributed by atoms with Crippen molar-refractivity contribution in [3.8, 4) is 0 Å². The topological polar surface area (TPSA) is 111 Å². The molecule has 0 unspecified atom stereocenters. The number of hydrogen-bond donors (Lipinski definition) is 2. The highest BCUT2D eigenvalue weighted by Crippen LogP contribution is 2.25. The predicted molar refractivity (Wildman–Crippen MR) is 73.2 cm³/mol. The fourth-order valence-corrected chi connectivity index (χ4v) is 1.68. The van der Waals surface area contributed by atoms with E-state index in [0.717, 1.165) is 5.69 Å². The molecule has 0 radical (unpaired) electrons. The summed E-state index contributed by atoms with van der Waals surface area (Å²) in [5, 5.41) is 13.8. The second-order valence-electron chi connectivity index (χ2n) is 4.03. The summed E-state index contributed by atoms with van der Waals surface area (Å²) in [5.41, 5.74) is 6.22. The molecule has 7 heteroatoms. The van der Waals surface area contributed by atoms with Crippen molar-refractivity contribution in [3.05, 3.63) is 64.0 Å². The molecule has 2 rings (SSSR count). The van der Waals surface area contributed by atoms with E-state index < -0.39 is 10.8 Å². The summed E-state index contributed by atoms with van der Waals surface area (Å²) in [6.45, 7) is 0.309. The summed E-state index contributed by atoms with van der Waals surface area (Å²) in [5.74, 6) is -0.638. The van der Waals surface area contributed by atoms with Gasteiger partial charge in [-0.2, -0.15) is 0 Å². The second-order valence-corrected chi connectivity index (χ2v) is 4.03. The van der Waals surface area contributed by atoms with Gasteiger partial charge in [0.15, 0.2) is 0 Å². The van der Waals surface area contributed by atoms with Gasteiger partial charge < -0.3 is 11.1 Å². The molecule has 0 aliphatic rings. The van der Waals surface area contributed by atoms with Gasteiger partial charge in [0.25, 0.3) is 5.69 Å². The van der Waals surface area contributed by atoms with E-state index in [9.17, 15) is 14.9 Å². The lowest BCUT2D eigenvalue weighted by Gasteiger charge is -2.07. The third kappa shape index (κ3) is 3.08. The van der Waals surface area contributed by atoms with Crippen LogP contribution in [0.15, 0.2) is 42.6 Å². The summed E-state index contributed by atoms with van der Waals surface area (Å²) < 4.78 is 0. The van der Waals surface area contributed by atoms with Crippen LogP contribution in [0.2, 0.25) is 0 Å². The number of anilines is 1. The monoisotopic (exact) mass is 272 g/mol. The van der Waals surface area contributed by atoms with Gasteiger partial charge in [0.2, 0.25) is 5.91 Å². The Balaban J connectivity index is 2.26. The molecular formula is C13H12N4O3. The van der Waals surface area contributed by atoms with Crippen LogP contribution in [0, 0.1) is 10.1 Å². The Morgan fingerprint density at radius 3 is 2.75 bits per heavy atom. The van der Waals surface area contributed by atoms with Gasteiger partial charge in [0.1, 0.15) is 5.69 Å². The third-order valence-corrected chi connectivity index (χ3v) is 2.66. The molecule has 0 spiro atoms. The maximum absolute atomic E-state index is 11.1.